The molecule has 0 spiro atoms. The van der Waals surface area contributed by atoms with Crippen LogP contribution < -0.4 is 19.7 Å². The number of rotatable bonds is 7. The molecule has 0 bridgehead atoms. The molecule has 1 N–H and O–H groups in total. The number of methoxy groups -OCH3 is 1. The van der Waals surface area contributed by atoms with Crippen LogP contribution in [0.1, 0.15) is 18.1 Å². The number of carbonyl (C=O) groups excluding carboxylic acids is 2. The number of ether oxygens (including phenoxy) is 2. The Kier molecular flexibility index (Phi) is 5.94. The van der Waals surface area contributed by atoms with E-state index in [4.69, 9.17) is 9.47 Å². The van der Waals surface area contributed by atoms with Gasteiger partial charge in [-0.25, -0.2) is 4.90 Å². The number of amides is 2. The van der Waals surface area contributed by atoms with Crippen LogP contribution in [0.2, 0.25) is 0 Å². The lowest BCUT2D eigenvalue weighted by molar-refractivity contribution is -0.120. The first kappa shape index (κ1) is 21.2. The summed E-state index contributed by atoms with van der Waals surface area (Å²) in [7, 11) is 1.58. The lowest BCUT2D eigenvalue weighted by Crippen LogP contribution is -2.32. The molecule has 6 heteroatoms. The van der Waals surface area contributed by atoms with Gasteiger partial charge >= 0.3 is 0 Å². The summed E-state index contributed by atoms with van der Waals surface area (Å²) < 4.78 is 10.8. The van der Waals surface area contributed by atoms with Gasteiger partial charge in [-0.1, -0.05) is 35.9 Å². The van der Waals surface area contributed by atoms with Crippen molar-refractivity contribution in [2.45, 2.75) is 13.8 Å². The van der Waals surface area contributed by atoms with E-state index in [0.29, 0.717) is 40.6 Å². The van der Waals surface area contributed by atoms with Crippen molar-refractivity contribution in [3.8, 4) is 11.5 Å². The fraction of sp³-hybridized carbons (Fsp3) is 0.154. The smallest absolute Gasteiger partial charge is 0.282 e. The van der Waals surface area contributed by atoms with Gasteiger partial charge in [-0.3, -0.25) is 9.59 Å². The molecule has 0 aromatic heterocycles. The van der Waals surface area contributed by atoms with E-state index in [2.05, 4.69) is 5.32 Å². The van der Waals surface area contributed by atoms with Gasteiger partial charge in [0, 0.05) is 11.8 Å². The van der Waals surface area contributed by atoms with Crippen molar-refractivity contribution in [1.29, 1.82) is 0 Å². The summed E-state index contributed by atoms with van der Waals surface area (Å²) in [5, 5.41) is 3.16. The zero-order chi connectivity index (χ0) is 22.7. The Balaban J connectivity index is 1.78. The predicted octanol–water partition coefficient (Wildman–Crippen LogP) is 4.80. The first-order valence-electron chi connectivity index (χ1n) is 10.4. The largest absolute Gasteiger partial charge is 0.497 e. The summed E-state index contributed by atoms with van der Waals surface area (Å²) >= 11 is 0. The minimum Gasteiger partial charge on any atom is -0.497 e. The van der Waals surface area contributed by atoms with E-state index in [-0.39, 0.29) is 11.6 Å². The van der Waals surface area contributed by atoms with E-state index in [1.807, 2.05) is 44.2 Å². The lowest BCUT2D eigenvalue weighted by Gasteiger charge is -2.15. The second kappa shape index (κ2) is 8.98. The standard InChI is InChI=1S/C26H24N2O4/c1-4-32-22-7-5-6-19(16-22)27-24-23(18-10-14-21(31-3)15-11-18)25(29)28(26(24)30)20-12-8-17(2)9-13-20/h5-16,27H,4H2,1-3H3. The number of carbonyl (C=O) groups is 2. The number of benzene rings is 3. The molecule has 0 atom stereocenters. The maximum atomic E-state index is 13.5. The Morgan fingerprint density at radius 1 is 0.875 bits per heavy atom. The van der Waals surface area contributed by atoms with Crippen molar-refractivity contribution in [3.63, 3.8) is 0 Å². The number of hydrogen-bond acceptors (Lipinski definition) is 5. The number of anilines is 2. The molecule has 0 aliphatic carbocycles. The van der Waals surface area contributed by atoms with Crippen molar-refractivity contribution in [3.05, 3.63) is 89.6 Å². The van der Waals surface area contributed by atoms with Crippen LogP contribution in [0.3, 0.4) is 0 Å². The molecule has 0 fully saturated rings. The number of hydrogen-bond donors (Lipinski definition) is 1. The van der Waals surface area contributed by atoms with E-state index in [1.54, 1.807) is 49.6 Å². The second-order valence-corrected chi connectivity index (χ2v) is 7.35. The molecule has 0 radical (unpaired) electrons. The normalized spacial score (nSPS) is 13.5. The van der Waals surface area contributed by atoms with Crippen LogP contribution in [0.25, 0.3) is 5.57 Å². The maximum Gasteiger partial charge on any atom is 0.282 e. The van der Waals surface area contributed by atoms with Crippen LogP contribution in [0.15, 0.2) is 78.5 Å². The van der Waals surface area contributed by atoms with E-state index in [0.717, 1.165) is 5.56 Å². The third kappa shape index (κ3) is 4.07. The highest BCUT2D eigenvalue weighted by Crippen LogP contribution is 2.34. The number of aryl methyl sites for hydroxylation is 1. The van der Waals surface area contributed by atoms with E-state index in [9.17, 15) is 9.59 Å². The SMILES string of the molecule is CCOc1cccc(NC2=C(c3ccc(OC)cc3)C(=O)N(c3ccc(C)cc3)C2=O)c1. The van der Waals surface area contributed by atoms with Crippen molar-refractivity contribution in [1.82, 2.24) is 0 Å². The molecule has 1 heterocycles. The predicted molar refractivity (Wildman–Crippen MR) is 125 cm³/mol. The third-order valence-corrected chi connectivity index (χ3v) is 5.17. The van der Waals surface area contributed by atoms with E-state index >= 15 is 0 Å². The molecule has 162 valence electrons. The summed E-state index contributed by atoms with van der Waals surface area (Å²) in [5.41, 5.74) is 3.37. The van der Waals surface area contributed by atoms with Crippen LogP contribution in [-0.4, -0.2) is 25.5 Å². The van der Waals surface area contributed by atoms with Crippen molar-refractivity contribution >= 4 is 28.8 Å². The fourth-order valence-electron chi connectivity index (χ4n) is 3.57. The van der Waals surface area contributed by atoms with Gasteiger partial charge < -0.3 is 14.8 Å². The summed E-state index contributed by atoms with van der Waals surface area (Å²) in [6.07, 6.45) is 0. The molecule has 4 rings (SSSR count). The van der Waals surface area contributed by atoms with Gasteiger partial charge in [0.25, 0.3) is 11.8 Å². The molecule has 1 aliphatic heterocycles. The van der Waals surface area contributed by atoms with E-state index in [1.165, 1.54) is 4.90 Å². The topological polar surface area (TPSA) is 67.9 Å². The molecule has 3 aromatic carbocycles. The number of nitrogens with zero attached hydrogens (tertiary/aromatic N) is 1. The average Bonchev–Trinajstić information content (AvgIpc) is 3.04. The monoisotopic (exact) mass is 428 g/mol. The molecule has 0 saturated carbocycles. The van der Waals surface area contributed by atoms with Gasteiger partial charge in [0.2, 0.25) is 0 Å². The lowest BCUT2D eigenvalue weighted by atomic mass is 10.0. The van der Waals surface area contributed by atoms with Crippen LogP contribution in [-0.2, 0) is 9.59 Å². The summed E-state index contributed by atoms with van der Waals surface area (Å²) in [6, 6.07) is 21.7. The zero-order valence-electron chi connectivity index (χ0n) is 18.2. The van der Waals surface area contributed by atoms with Gasteiger partial charge in [-0.15, -0.1) is 0 Å². The second-order valence-electron chi connectivity index (χ2n) is 7.35. The number of nitrogens with one attached hydrogen (secondary N) is 1. The minimum atomic E-state index is -0.411. The molecule has 0 unspecified atom stereocenters. The van der Waals surface area contributed by atoms with E-state index < -0.39 is 5.91 Å². The first-order chi connectivity index (χ1) is 15.5. The van der Waals surface area contributed by atoms with Crippen molar-refractivity contribution < 1.29 is 19.1 Å². The summed E-state index contributed by atoms with van der Waals surface area (Å²) in [6.45, 7) is 4.39. The van der Waals surface area contributed by atoms with Gasteiger partial charge in [0.05, 0.1) is 25.0 Å². The highest BCUT2D eigenvalue weighted by molar-refractivity contribution is 6.46. The Morgan fingerprint density at radius 3 is 2.25 bits per heavy atom. The van der Waals surface area contributed by atoms with Crippen LogP contribution >= 0.6 is 0 Å². The highest BCUT2D eigenvalue weighted by Gasteiger charge is 2.40. The Morgan fingerprint density at radius 2 is 1.59 bits per heavy atom. The molecule has 3 aromatic rings. The van der Waals surface area contributed by atoms with Gasteiger partial charge in [0.1, 0.15) is 17.2 Å². The molecule has 6 nitrogen and oxygen atoms in total. The highest BCUT2D eigenvalue weighted by atomic mass is 16.5. The minimum absolute atomic E-state index is 0.217. The quantitative estimate of drug-likeness (QED) is 0.548. The molecular weight excluding hydrogens is 404 g/mol. The Hall–Kier alpha value is -4.06. The maximum absolute atomic E-state index is 13.5. The first-order valence-corrected chi connectivity index (χ1v) is 10.4. The summed E-state index contributed by atoms with van der Waals surface area (Å²) in [5.74, 6) is 0.552. The van der Waals surface area contributed by atoms with Crippen LogP contribution in [0, 0.1) is 6.92 Å². The fourth-order valence-corrected chi connectivity index (χ4v) is 3.57. The zero-order valence-corrected chi connectivity index (χ0v) is 18.2. The Labute approximate surface area is 187 Å². The Bertz CT molecular complexity index is 1180. The van der Waals surface area contributed by atoms with Crippen molar-refractivity contribution in [2.75, 3.05) is 23.9 Å². The molecule has 0 saturated heterocycles. The van der Waals surface area contributed by atoms with Crippen molar-refractivity contribution in [2.24, 2.45) is 0 Å². The van der Waals surface area contributed by atoms with Crippen LogP contribution in [0.4, 0.5) is 11.4 Å². The van der Waals surface area contributed by atoms with Crippen LogP contribution in [0.5, 0.6) is 11.5 Å². The van der Waals surface area contributed by atoms with Gasteiger partial charge in [-0.05, 0) is 55.8 Å². The van der Waals surface area contributed by atoms with Gasteiger partial charge in [-0.2, -0.15) is 0 Å². The average molecular weight is 428 g/mol. The molecule has 1 aliphatic rings. The number of imide groups is 1. The summed E-state index contributed by atoms with van der Waals surface area (Å²) in [4.78, 5) is 28.1. The molecule has 32 heavy (non-hydrogen) atoms. The molecular formula is C26H24N2O4. The third-order valence-electron chi connectivity index (χ3n) is 5.17. The van der Waals surface area contributed by atoms with Gasteiger partial charge in [0.15, 0.2) is 0 Å². The molecule has 2 amide bonds.